The molecule has 116 valence electrons. The molecule has 0 radical (unpaired) electrons. The van der Waals surface area contributed by atoms with Gasteiger partial charge in [-0.3, -0.25) is 4.79 Å². The number of hydrogen-bond acceptors (Lipinski definition) is 4. The van der Waals surface area contributed by atoms with E-state index in [4.69, 9.17) is 9.84 Å². The zero-order valence-electron chi connectivity index (χ0n) is 12.8. The van der Waals surface area contributed by atoms with Crippen LogP contribution in [0.3, 0.4) is 0 Å². The lowest BCUT2D eigenvalue weighted by Crippen LogP contribution is -2.47. The summed E-state index contributed by atoms with van der Waals surface area (Å²) in [6.07, 6.45) is 2.01. The molecule has 2 atom stereocenters. The first-order chi connectivity index (χ1) is 9.24. The molecule has 1 heterocycles. The van der Waals surface area contributed by atoms with Crippen molar-refractivity contribution in [2.45, 2.75) is 64.6 Å². The Kier molecular flexibility index (Phi) is 5.80. The lowest BCUT2D eigenvalue weighted by atomic mass is 10.2. The first kappa shape index (κ1) is 16.8. The maximum atomic E-state index is 12.1. The van der Waals surface area contributed by atoms with Crippen molar-refractivity contribution in [1.82, 2.24) is 10.2 Å². The molecule has 20 heavy (non-hydrogen) atoms. The maximum absolute atomic E-state index is 12.1. The second-order valence-corrected chi connectivity index (χ2v) is 6.18. The number of ether oxygens (including phenoxy) is 1. The van der Waals surface area contributed by atoms with Gasteiger partial charge in [0.1, 0.15) is 11.6 Å². The molecular weight excluding hydrogens is 260 g/mol. The highest BCUT2D eigenvalue weighted by Gasteiger charge is 2.32. The third kappa shape index (κ3) is 5.00. The van der Waals surface area contributed by atoms with Crippen LogP contribution in [0.25, 0.3) is 0 Å². The van der Waals surface area contributed by atoms with E-state index in [1.165, 1.54) is 0 Å². The molecule has 0 spiro atoms. The molecule has 1 saturated heterocycles. The highest BCUT2D eigenvalue weighted by Crippen LogP contribution is 2.20. The number of carbonyl (C=O) groups is 2. The van der Waals surface area contributed by atoms with Crippen molar-refractivity contribution in [3.05, 3.63) is 0 Å². The van der Waals surface area contributed by atoms with Gasteiger partial charge in [0.2, 0.25) is 0 Å². The predicted molar refractivity (Wildman–Crippen MR) is 75.7 cm³/mol. The van der Waals surface area contributed by atoms with E-state index in [1.54, 1.807) is 4.90 Å². The summed E-state index contributed by atoms with van der Waals surface area (Å²) in [6.45, 7) is 8.50. The standard InChI is InChI=1S/C14H26N2O4/c1-5-11(12(17)18)15-9-10-7-6-8-16(10)13(19)20-14(2,3)4/h10-11,15H,5-9H2,1-4H3,(H,17,18). The number of nitrogens with one attached hydrogen (secondary N) is 1. The molecule has 1 aliphatic rings. The van der Waals surface area contributed by atoms with Crippen molar-refractivity contribution in [1.29, 1.82) is 0 Å². The number of hydrogen-bond donors (Lipinski definition) is 2. The van der Waals surface area contributed by atoms with Crippen molar-refractivity contribution < 1.29 is 19.4 Å². The molecule has 6 nitrogen and oxygen atoms in total. The van der Waals surface area contributed by atoms with Crippen LogP contribution < -0.4 is 5.32 Å². The van der Waals surface area contributed by atoms with Crippen molar-refractivity contribution in [2.24, 2.45) is 0 Å². The molecule has 6 heteroatoms. The molecule has 0 aliphatic carbocycles. The van der Waals surface area contributed by atoms with Crippen LogP contribution in [0.4, 0.5) is 4.79 Å². The highest BCUT2D eigenvalue weighted by atomic mass is 16.6. The van der Waals surface area contributed by atoms with Crippen LogP contribution in [0.15, 0.2) is 0 Å². The molecule has 0 aromatic carbocycles. The third-order valence-corrected chi connectivity index (χ3v) is 3.31. The van der Waals surface area contributed by atoms with E-state index in [9.17, 15) is 9.59 Å². The van der Waals surface area contributed by atoms with Gasteiger partial charge in [-0.25, -0.2) is 4.79 Å². The number of rotatable bonds is 5. The van der Waals surface area contributed by atoms with E-state index in [1.807, 2.05) is 27.7 Å². The average Bonchev–Trinajstić information content (AvgIpc) is 2.75. The predicted octanol–water partition coefficient (Wildman–Crippen LogP) is 1.84. The Balaban J connectivity index is 2.53. The summed E-state index contributed by atoms with van der Waals surface area (Å²) in [5, 5.41) is 12.0. The Labute approximate surface area is 120 Å². The van der Waals surface area contributed by atoms with Crippen LogP contribution in [-0.2, 0) is 9.53 Å². The zero-order valence-corrected chi connectivity index (χ0v) is 12.8. The molecule has 0 aromatic rings. The van der Waals surface area contributed by atoms with Crippen LogP contribution >= 0.6 is 0 Å². The minimum absolute atomic E-state index is 0.0123. The van der Waals surface area contributed by atoms with Crippen LogP contribution in [0.1, 0.15) is 47.0 Å². The van der Waals surface area contributed by atoms with Gasteiger partial charge in [0.05, 0.1) is 0 Å². The van der Waals surface area contributed by atoms with Gasteiger partial charge in [-0.1, -0.05) is 6.92 Å². The average molecular weight is 286 g/mol. The van der Waals surface area contributed by atoms with Gasteiger partial charge in [0.25, 0.3) is 0 Å². The fourth-order valence-electron chi connectivity index (χ4n) is 2.29. The highest BCUT2D eigenvalue weighted by molar-refractivity contribution is 5.73. The van der Waals surface area contributed by atoms with E-state index < -0.39 is 17.6 Å². The molecule has 0 bridgehead atoms. The van der Waals surface area contributed by atoms with Gasteiger partial charge in [0.15, 0.2) is 0 Å². The molecule has 0 saturated carbocycles. The number of amides is 1. The second-order valence-electron chi connectivity index (χ2n) is 6.18. The van der Waals surface area contributed by atoms with Crippen LogP contribution in [0.2, 0.25) is 0 Å². The third-order valence-electron chi connectivity index (χ3n) is 3.31. The minimum Gasteiger partial charge on any atom is -0.480 e. The van der Waals surface area contributed by atoms with Crippen LogP contribution in [0.5, 0.6) is 0 Å². The fourth-order valence-corrected chi connectivity index (χ4v) is 2.29. The Bertz CT molecular complexity index is 352. The summed E-state index contributed by atoms with van der Waals surface area (Å²) in [6, 6.07) is -0.547. The molecule has 1 amide bonds. The zero-order chi connectivity index (χ0) is 15.3. The molecule has 2 N–H and O–H groups in total. The normalized spacial score (nSPS) is 20.8. The topological polar surface area (TPSA) is 78.9 Å². The van der Waals surface area contributed by atoms with Crippen molar-refractivity contribution >= 4 is 12.1 Å². The van der Waals surface area contributed by atoms with Gasteiger partial charge >= 0.3 is 12.1 Å². The Morgan fingerprint density at radius 1 is 1.45 bits per heavy atom. The van der Waals surface area contributed by atoms with Gasteiger partial charge < -0.3 is 20.1 Å². The minimum atomic E-state index is -0.852. The van der Waals surface area contributed by atoms with Gasteiger partial charge in [0, 0.05) is 19.1 Å². The van der Waals surface area contributed by atoms with Crippen molar-refractivity contribution in [3.8, 4) is 0 Å². The van der Waals surface area contributed by atoms with Gasteiger partial charge in [-0.15, -0.1) is 0 Å². The van der Waals surface area contributed by atoms with Crippen LogP contribution in [0, 0.1) is 0 Å². The Hall–Kier alpha value is -1.30. The number of carboxylic acid groups (broad SMARTS) is 1. The molecule has 0 aromatic heterocycles. The van der Waals surface area contributed by atoms with E-state index in [2.05, 4.69) is 5.32 Å². The van der Waals surface area contributed by atoms with E-state index in [0.29, 0.717) is 19.5 Å². The summed E-state index contributed by atoms with van der Waals surface area (Å²) >= 11 is 0. The van der Waals surface area contributed by atoms with E-state index in [0.717, 1.165) is 12.8 Å². The lowest BCUT2D eigenvalue weighted by Gasteiger charge is -2.29. The SMILES string of the molecule is CCC(NCC1CCCN1C(=O)OC(C)(C)C)C(=O)O. The molecular formula is C14H26N2O4. The van der Waals surface area contributed by atoms with Crippen molar-refractivity contribution in [2.75, 3.05) is 13.1 Å². The largest absolute Gasteiger partial charge is 0.480 e. The molecule has 2 unspecified atom stereocenters. The summed E-state index contributed by atoms with van der Waals surface area (Å²) < 4.78 is 5.38. The Morgan fingerprint density at radius 2 is 2.10 bits per heavy atom. The smallest absolute Gasteiger partial charge is 0.410 e. The summed E-state index contributed by atoms with van der Waals surface area (Å²) in [5.41, 5.74) is -0.509. The first-order valence-corrected chi connectivity index (χ1v) is 7.20. The van der Waals surface area contributed by atoms with Gasteiger partial charge in [-0.2, -0.15) is 0 Å². The van der Waals surface area contributed by atoms with Gasteiger partial charge in [-0.05, 0) is 40.0 Å². The monoisotopic (exact) mass is 286 g/mol. The van der Waals surface area contributed by atoms with Crippen LogP contribution in [-0.4, -0.2) is 52.8 Å². The molecule has 1 fully saturated rings. The number of carboxylic acids is 1. The summed E-state index contributed by atoms with van der Waals surface area (Å²) in [5.74, 6) is -0.852. The number of nitrogens with zero attached hydrogens (tertiary/aromatic N) is 1. The lowest BCUT2D eigenvalue weighted by molar-refractivity contribution is -0.139. The van der Waals surface area contributed by atoms with E-state index in [-0.39, 0.29) is 12.1 Å². The molecule has 1 aliphatic heterocycles. The second kappa shape index (κ2) is 6.92. The Morgan fingerprint density at radius 3 is 2.60 bits per heavy atom. The number of aliphatic carboxylic acids is 1. The summed E-state index contributed by atoms with van der Waals surface area (Å²) in [4.78, 5) is 24.8. The quantitative estimate of drug-likeness (QED) is 0.806. The molecule has 1 rings (SSSR count). The number of likely N-dealkylation sites (tertiary alicyclic amines) is 1. The fraction of sp³-hybridized carbons (Fsp3) is 0.857. The summed E-state index contributed by atoms with van der Waals surface area (Å²) in [7, 11) is 0. The first-order valence-electron chi connectivity index (χ1n) is 7.20. The van der Waals surface area contributed by atoms with E-state index >= 15 is 0 Å². The van der Waals surface area contributed by atoms with Crippen molar-refractivity contribution in [3.63, 3.8) is 0 Å². The number of carbonyl (C=O) groups excluding carboxylic acids is 1. The maximum Gasteiger partial charge on any atom is 0.410 e.